The van der Waals surface area contributed by atoms with E-state index in [1.54, 1.807) is 0 Å². The van der Waals surface area contributed by atoms with Gasteiger partial charge in [0.1, 0.15) is 17.1 Å². The molecule has 0 atom stereocenters. The van der Waals surface area contributed by atoms with E-state index < -0.39 is 5.91 Å². The average Bonchev–Trinajstić information content (AvgIpc) is 2.13. The van der Waals surface area contributed by atoms with Gasteiger partial charge in [-0.15, -0.1) is 0 Å². The van der Waals surface area contributed by atoms with Gasteiger partial charge < -0.3 is 20.8 Å². The van der Waals surface area contributed by atoms with E-state index in [4.69, 9.17) is 5.73 Å². The second-order valence-electron chi connectivity index (χ2n) is 4.49. The third kappa shape index (κ3) is 1.69. The summed E-state index contributed by atoms with van der Waals surface area (Å²) in [6.07, 6.45) is 0. The molecule has 0 unspecified atom stereocenters. The number of phenols is 2. The fourth-order valence-corrected chi connectivity index (χ4v) is 1.87. The van der Waals surface area contributed by atoms with Gasteiger partial charge in [0, 0.05) is 18.6 Å². The predicted molar refractivity (Wildman–Crippen MR) is 58.3 cm³/mol. The van der Waals surface area contributed by atoms with Gasteiger partial charge in [-0.25, -0.2) is 0 Å². The van der Waals surface area contributed by atoms with Gasteiger partial charge in [0.25, 0.3) is 5.91 Å². The lowest BCUT2D eigenvalue weighted by Crippen LogP contribution is -2.66. The van der Waals surface area contributed by atoms with E-state index >= 15 is 0 Å². The van der Waals surface area contributed by atoms with Crippen molar-refractivity contribution in [3.05, 3.63) is 23.8 Å². The molecular formula is C11H14N2O3. The summed E-state index contributed by atoms with van der Waals surface area (Å²) in [7, 11) is 0. The highest BCUT2D eigenvalue weighted by atomic mass is 16.3. The standard InChI is InChI=1S/C11H14N2O3/c1-11(12)5-13(6-11)10(16)9-7(14)3-2-4-8(9)15/h2-4,14-15H,5-6,12H2,1H3. The van der Waals surface area contributed by atoms with Crippen LogP contribution in [0, 0.1) is 0 Å². The van der Waals surface area contributed by atoms with Gasteiger partial charge in [-0.2, -0.15) is 0 Å². The van der Waals surface area contributed by atoms with Crippen LogP contribution in [0.4, 0.5) is 0 Å². The molecule has 1 aromatic rings. The number of nitrogens with zero attached hydrogens (tertiary/aromatic N) is 1. The smallest absolute Gasteiger partial charge is 0.261 e. The molecule has 1 amide bonds. The zero-order valence-electron chi connectivity index (χ0n) is 8.97. The number of carbonyl (C=O) groups excluding carboxylic acids is 1. The monoisotopic (exact) mass is 222 g/mol. The van der Waals surface area contributed by atoms with Gasteiger partial charge >= 0.3 is 0 Å². The minimum absolute atomic E-state index is 0.0574. The highest BCUT2D eigenvalue weighted by molar-refractivity contribution is 6.00. The predicted octanol–water partition coefficient (Wildman–Crippen LogP) is 0.271. The lowest BCUT2D eigenvalue weighted by molar-refractivity contribution is 0.0447. The highest BCUT2D eigenvalue weighted by Crippen LogP contribution is 2.30. The van der Waals surface area contributed by atoms with Gasteiger partial charge in [0.05, 0.1) is 0 Å². The van der Waals surface area contributed by atoms with Gasteiger partial charge in [-0.3, -0.25) is 4.79 Å². The van der Waals surface area contributed by atoms with Crippen LogP contribution in [0.25, 0.3) is 0 Å². The number of phenolic OH excluding ortho intramolecular Hbond substituents is 2. The Balaban J connectivity index is 2.23. The number of aromatic hydroxyl groups is 2. The van der Waals surface area contributed by atoms with Crippen molar-refractivity contribution in [1.29, 1.82) is 0 Å². The van der Waals surface area contributed by atoms with Gasteiger partial charge in [0.2, 0.25) is 0 Å². The Labute approximate surface area is 93.1 Å². The summed E-state index contributed by atoms with van der Waals surface area (Å²) in [5.41, 5.74) is 5.36. The summed E-state index contributed by atoms with van der Waals surface area (Å²) in [4.78, 5) is 13.4. The zero-order valence-corrected chi connectivity index (χ0v) is 8.97. The fraction of sp³-hybridized carbons (Fsp3) is 0.364. The molecule has 5 nitrogen and oxygen atoms in total. The molecule has 0 radical (unpaired) electrons. The van der Waals surface area contributed by atoms with Crippen LogP contribution in [-0.4, -0.2) is 39.6 Å². The van der Waals surface area contributed by atoms with Crippen molar-refractivity contribution in [2.24, 2.45) is 5.73 Å². The second-order valence-corrected chi connectivity index (χ2v) is 4.49. The van der Waals surface area contributed by atoms with E-state index in [0.29, 0.717) is 13.1 Å². The van der Waals surface area contributed by atoms with Crippen LogP contribution in [0.1, 0.15) is 17.3 Å². The molecule has 0 spiro atoms. The summed E-state index contributed by atoms with van der Waals surface area (Å²) in [5.74, 6) is -0.815. The molecule has 0 bridgehead atoms. The van der Waals surface area contributed by atoms with E-state index in [1.807, 2.05) is 6.92 Å². The molecule has 1 aliphatic rings. The van der Waals surface area contributed by atoms with Crippen molar-refractivity contribution < 1.29 is 15.0 Å². The highest BCUT2D eigenvalue weighted by Gasteiger charge is 2.39. The van der Waals surface area contributed by atoms with Crippen molar-refractivity contribution in [3.63, 3.8) is 0 Å². The first-order valence-corrected chi connectivity index (χ1v) is 5.00. The van der Waals surface area contributed by atoms with Crippen LogP contribution in [0.5, 0.6) is 11.5 Å². The van der Waals surface area contributed by atoms with Gasteiger partial charge in [0.15, 0.2) is 0 Å². The number of carbonyl (C=O) groups is 1. The van der Waals surface area contributed by atoms with Crippen LogP contribution in [0.15, 0.2) is 18.2 Å². The number of likely N-dealkylation sites (tertiary alicyclic amines) is 1. The summed E-state index contributed by atoms with van der Waals surface area (Å²) in [6, 6.07) is 4.22. The Morgan fingerprint density at radius 1 is 1.38 bits per heavy atom. The molecule has 16 heavy (non-hydrogen) atoms. The second kappa shape index (κ2) is 3.38. The molecule has 1 saturated heterocycles. The Bertz CT molecular complexity index is 415. The summed E-state index contributed by atoms with van der Waals surface area (Å²) in [6.45, 7) is 2.71. The number of rotatable bonds is 1. The van der Waals surface area contributed by atoms with E-state index in [9.17, 15) is 15.0 Å². The van der Waals surface area contributed by atoms with E-state index in [2.05, 4.69) is 0 Å². The van der Waals surface area contributed by atoms with Gasteiger partial charge in [-0.05, 0) is 19.1 Å². The average molecular weight is 222 g/mol. The third-order valence-electron chi connectivity index (χ3n) is 2.63. The van der Waals surface area contributed by atoms with E-state index in [-0.39, 0.29) is 22.6 Å². The fourth-order valence-electron chi connectivity index (χ4n) is 1.87. The molecule has 86 valence electrons. The SMILES string of the molecule is CC1(N)CN(C(=O)c2c(O)cccc2O)C1. The third-order valence-corrected chi connectivity index (χ3v) is 2.63. The molecule has 4 N–H and O–H groups in total. The maximum absolute atomic E-state index is 11.9. The number of amides is 1. The molecule has 1 heterocycles. The number of hydrogen-bond acceptors (Lipinski definition) is 4. The largest absolute Gasteiger partial charge is 0.507 e. The van der Waals surface area contributed by atoms with Crippen LogP contribution < -0.4 is 5.73 Å². The van der Waals surface area contributed by atoms with Crippen molar-refractivity contribution in [1.82, 2.24) is 4.90 Å². The van der Waals surface area contributed by atoms with Crippen LogP contribution >= 0.6 is 0 Å². The Kier molecular flexibility index (Phi) is 2.27. The van der Waals surface area contributed by atoms with Crippen LogP contribution in [0.3, 0.4) is 0 Å². The van der Waals surface area contributed by atoms with Gasteiger partial charge in [-0.1, -0.05) is 6.07 Å². The zero-order chi connectivity index (χ0) is 11.9. The minimum atomic E-state index is -0.390. The molecule has 2 rings (SSSR count). The first kappa shape index (κ1) is 10.8. The number of nitrogens with two attached hydrogens (primary N) is 1. The van der Waals surface area contributed by atoms with Crippen molar-refractivity contribution in [3.8, 4) is 11.5 Å². The lowest BCUT2D eigenvalue weighted by Gasteiger charge is -2.45. The molecule has 1 aromatic carbocycles. The number of hydrogen-bond donors (Lipinski definition) is 3. The first-order valence-electron chi connectivity index (χ1n) is 5.00. The maximum atomic E-state index is 11.9. The van der Waals surface area contributed by atoms with E-state index in [1.165, 1.54) is 23.1 Å². The van der Waals surface area contributed by atoms with Crippen LogP contribution in [-0.2, 0) is 0 Å². The quantitative estimate of drug-likeness (QED) is 0.636. The minimum Gasteiger partial charge on any atom is -0.507 e. The van der Waals surface area contributed by atoms with Crippen molar-refractivity contribution in [2.75, 3.05) is 13.1 Å². The molecule has 0 aliphatic carbocycles. The Hall–Kier alpha value is -1.75. The Morgan fingerprint density at radius 2 is 1.88 bits per heavy atom. The normalized spacial score (nSPS) is 18.0. The van der Waals surface area contributed by atoms with Crippen molar-refractivity contribution in [2.45, 2.75) is 12.5 Å². The summed E-state index contributed by atoms with van der Waals surface area (Å²) >= 11 is 0. The van der Waals surface area contributed by atoms with Crippen LogP contribution in [0.2, 0.25) is 0 Å². The Morgan fingerprint density at radius 3 is 2.31 bits per heavy atom. The van der Waals surface area contributed by atoms with E-state index in [0.717, 1.165) is 0 Å². The topological polar surface area (TPSA) is 86.8 Å². The first-order chi connectivity index (χ1) is 7.41. The maximum Gasteiger partial charge on any atom is 0.261 e. The number of benzene rings is 1. The molecule has 5 heteroatoms. The molecule has 1 aliphatic heterocycles. The molecule has 0 saturated carbocycles. The summed E-state index contributed by atoms with van der Waals surface area (Å²) < 4.78 is 0. The summed E-state index contributed by atoms with van der Waals surface area (Å²) in [5, 5.41) is 19.0. The molecule has 1 fully saturated rings. The molecule has 0 aromatic heterocycles. The molecular weight excluding hydrogens is 208 g/mol. The van der Waals surface area contributed by atoms with Crippen molar-refractivity contribution >= 4 is 5.91 Å². The lowest BCUT2D eigenvalue weighted by atomic mass is 9.92.